The van der Waals surface area contributed by atoms with Crippen molar-refractivity contribution in [3.63, 3.8) is 0 Å². The number of nitriles is 1. The van der Waals surface area contributed by atoms with Gasteiger partial charge >= 0.3 is 0 Å². The Kier molecular flexibility index (Phi) is 3.51. The van der Waals surface area contributed by atoms with Crippen LogP contribution in [0, 0.1) is 23.3 Å². The molecule has 0 saturated heterocycles. The third-order valence-corrected chi connectivity index (χ3v) is 3.84. The molecule has 0 atom stereocenters. The van der Waals surface area contributed by atoms with E-state index in [0.717, 1.165) is 23.1 Å². The van der Waals surface area contributed by atoms with Crippen LogP contribution < -0.4 is 0 Å². The van der Waals surface area contributed by atoms with Crippen LogP contribution in [0.2, 0.25) is 0 Å². The summed E-state index contributed by atoms with van der Waals surface area (Å²) in [6.45, 7) is 15.9. The molecule has 0 radical (unpaired) electrons. The summed E-state index contributed by atoms with van der Waals surface area (Å²) in [4.78, 5) is 3.43. The third kappa shape index (κ3) is 2.26. The molecule has 0 spiro atoms. The predicted molar refractivity (Wildman–Crippen MR) is 81.4 cm³/mol. The zero-order valence-electron chi connectivity index (χ0n) is 12.4. The summed E-state index contributed by atoms with van der Waals surface area (Å²) < 4.78 is 0. The maximum Gasteiger partial charge on any atom is 0.269 e. The fourth-order valence-electron chi connectivity index (χ4n) is 2.86. The summed E-state index contributed by atoms with van der Waals surface area (Å²) in [6, 6.07) is 10.1. The highest BCUT2D eigenvalue weighted by Crippen LogP contribution is 2.43. The van der Waals surface area contributed by atoms with Gasteiger partial charge in [-0.15, -0.1) is 0 Å². The first kappa shape index (κ1) is 14.1. The smallest absolute Gasteiger partial charge is 0.226 e. The minimum atomic E-state index is 0.0332. The van der Waals surface area contributed by atoms with Crippen LogP contribution in [-0.2, 0) is 6.42 Å². The van der Waals surface area contributed by atoms with E-state index in [2.05, 4.69) is 37.8 Å². The molecule has 1 aliphatic rings. The molecule has 1 aliphatic carbocycles. The van der Waals surface area contributed by atoms with E-state index in [1.165, 1.54) is 11.1 Å². The van der Waals surface area contributed by atoms with Crippen LogP contribution in [-0.4, -0.2) is 0 Å². The summed E-state index contributed by atoms with van der Waals surface area (Å²) in [5.41, 5.74) is 5.67. The molecule has 0 aromatic heterocycles. The van der Waals surface area contributed by atoms with E-state index in [-0.39, 0.29) is 11.1 Å². The lowest BCUT2D eigenvalue weighted by molar-refractivity contribution is 0.486. The molecule has 2 heteroatoms. The highest BCUT2D eigenvalue weighted by atomic mass is 14.7. The molecule has 2 nitrogen and oxygen atoms in total. The summed E-state index contributed by atoms with van der Waals surface area (Å²) in [5.74, 6) is 0. The first-order chi connectivity index (χ1) is 9.40. The summed E-state index contributed by atoms with van der Waals surface area (Å²) in [7, 11) is 0. The van der Waals surface area contributed by atoms with Gasteiger partial charge in [0.05, 0.1) is 12.6 Å². The number of allylic oxidation sites excluding steroid dienone is 4. The van der Waals surface area contributed by atoms with Crippen LogP contribution in [0.25, 0.3) is 10.4 Å². The van der Waals surface area contributed by atoms with Crippen molar-refractivity contribution in [2.75, 3.05) is 0 Å². The van der Waals surface area contributed by atoms with Crippen molar-refractivity contribution >= 4 is 5.57 Å². The van der Waals surface area contributed by atoms with Gasteiger partial charge in [-0.2, -0.15) is 0 Å². The monoisotopic (exact) mass is 262 g/mol. The van der Waals surface area contributed by atoms with Gasteiger partial charge in [-0.25, -0.2) is 10.1 Å². The molecule has 0 fully saturated rings. The van der Waals surface area contributed by atoms with Gasteiger partial charge in [-0.1, -0.05) is 56.2 Å². The summed E-state index contributed by atoms with van der Waals surface area (Å²) >= 11 is 0. The summed E-state index contributed by atoms with van der Waals surface area (Å²) in [5, 5.41) is 9.27. The molecule has 0 bridgehead atoms. The Morgan fingerprint density at radius 1 is 1.30 bits per heavy atom. The lowest BCUT2D eigenvalue weighted by Gasteiger charge is -2.32. The number of hydrogen-bond donors (Lipinski definition) is 0. The van der Waals surface area contributed by atoms with E-state index in [0.29, 0.717) is 0 Å². The highest BCUT2D eigenvalue weighted by molar-refractivity contribution is 5.88. The quantitative estimate of drug-likeness (QED) is 0.489. The molecule has 1 aromatic carbocycles. The van der Waals surface area contributed by atoms with E-state index >= 15 is 0 Å². The first-order valence-electron chi connectivity index (χ1n) is 6.71. The molecule has 0 heterocycles. The van der Waals surface area contributed by atoms with Crippen LogP contribution in [0.15, 0.2) is 41.1 Å². The van der Waals surface area contributed by atoms with Crippen LogP contribution in [0.5, 0.6) is 0 Å². The van der Waals surface area contributed by atoms with Crippen molar-refractivity contribution in [2.24, 2.45) is 5.41 Å². The van der Waals surface area contributed by atoms with Crippen LogP contribution in [0.4, 0.5) is 0 Å². The number of fused-ring (bicyclic) bond motifs is 1. The number of hydrogen-bond acceptors (Lipinski definition) is 1. The molecule has 2 rings (SSSR count). The average Bonchev–Trinajstić information content (AvgIpc) is 2.40. The van der Waals surface area contributed by atoms with Crippen LogP contribution in [0.1, 0.15) is 38.8 Å². The number of nitrogens with zero attached hydrogens (tertiary/aromatic N) is 2. The maximum atomic E-state index is 9.27. The Hall–Kier alpha value is -2.32. The minimum absolute atomic E-state index is 0.0332. The molecule has 0 unspecified atom stereocenters. The zero-order chi connectivity index (χ0) is 14.9. The van der Waals surface area contributed by atoms with Gasteiger partial charge in [0.2, 0.25) is 0 Å². The second-order valence-electron chi connectivity index (χ2n) is 6.13. The average molecular weight is 262 g/mol. The van der Waals surface area contributed by atoms with Gasteiger partial charge in [0.1, 0.15) is 0 Å². The maximum absolute atomic E-state index is 9.27. The highest BCUT2D eigenvalue weighted by Gasteiger charge is 2.28. The fourth-order valence-corrected chi connectivity index (χ4v) is 2.86. The zero-order valence-corrected chi connectivity index (χ0v) is 12.4. The largest absolute Gasteiger partial charge is 0.269 e. The molecular weight excluding hydrogens is 244 g/mol. The van der Waals surface area contributed by atoms with Crippen molar-refractivity contribution in [1.82, 2.24) is 0 Å². The van der Waals surface area contributed by atoms with Crippen molar-refractivity contribution in [3.05, 3.63) is 63.7 Å². The first-order valence-corrected chi connectivity index (χ1v) is 6.71. The second-order valence-corrected chi connectivity index (χ2v) is 6.13. The molecule has 0 N–H and O–H groups in total. The van der Waals surface area contributed by atoms with E-state index in [9.17, 15) is 5.26 Å². The Labute approximate surface area is 120 Å². The Morgan fingerprint density at radius 2 is 1.95 bits per heavy atom. The van der Waals surface area contributed by atoms with Crippen molar-refractivity contribution in [1.29, 1.82) is 5.26 Å². The Bertz CT molecular complexity index is 682. The van der Waals surface area contributed by atoms with Gasteiger partial charge in [-0.3, -0.25) is 0 Å². The van der Waals surface area contributed by atoms with Gasteiger partial charge in [0.25, 0.3) is 5.70 Å². The second kappa shape index (κ2) is 4.99. The van der Waals surface area contributed by atoms with Crippen LogP contribution >= 0.6 is 0 Å². The molecule has 0 aliphatic heterocycles. The van der Waals surface area contributed by atoms with Crippen molar-refractivity contribution in [2.45, 2.75) is 34.1 Å². The van der Waals surface area contributed by atoms with Crippen LogP contribution in [0.3, 0.4) is 0 Å². The topological polar surface area (TPSA) is 28.1 Å². The van der Waals surface area contributed by atoms with Crippen molar-refractivity contribution in [3.8, 4) is 6.07 Å². The molecule has 1 aromatic rings. The van der Waals surface area contributed by atoms with Gasteiger partial charge in [0, 0.05) is 5.57 Å². The fraction of sp³-hybridized carbons (Fsp3) is 0.333. The lowest BCUT2D eigenvalue weighted by atomic mass is 9.72. The predicted octanol–water partition coefficient (Wildman–Crippen LogP) is 4.76. The normalized spacial score (nSPS) is 17.1. The molecule has 0 amide bonds. The number of rotatable bonds is 0. The van der Waals surface area contributed by atoms with E-state index in [1.807, 2.05) is 25.1 Å². The minimum Gasteiger partial charge on any atom is -0.226 e. The number of benzene rings is 1. The summed E-state index contributed by atoms with van der Waals surface area (Å²) in [6.07, 6.45) is 0.895. The Balaban J connectivity index is 2.83. The standard InChI is InChI=1S/C18H18N2/c1-12-15(18(2,3)4)10-13-8-6-7-9-14(13)17(12)16(11-19)20-5/h6-9H,10H2,1-4H3. The molecule has 0 saturated carbocycles. The van der Waals surface area contributed by atoms with Gasteiger partial charge in [0.15, 0.2) is 0 Å². The Morgan fingerprint density at radius 3 is 2.50 bits per heavy atom. The SMILES string of the molecule is [C-]#[N+]C(C#N)=C1C(C)=C(C(C)(C)C)Cc2ccccc21. The van der Waals surface area contributed by atoms with E-state index < -0.39 is 0 Å². The van der Waals surface area contributed by atoms with E-state index in [1.54, 1.807) is 0 Å². The molecular formula is C18H18N2. The van der Waals surface area contributed by atoms with Gasteiger partial charge < -0.3 is 0 Å². The third-order valence-electron chi connectivity index (χ3n) is 3.84. The van der Waals surface area contributed by atoms with Crippen molar-refractivity contribution < 1.29 is 0 Å². The molecule has 20 heavy (non-hydrogen) atoms. The molecule has 100 valence electrons. The van der Waals surface area contributed by atoms with E-state index in [4.69, 9.17) is 6.57 Å². The lowest BCUT2D eigenvalue weighted by Crippen LogP contribution is -2.18. The van der Waals surface area contributed by atoms with Gasteiger partial charge in [-0.05, 0) is 29.9 Å².